The monoisotopic (exact) mass is 2260 g/mol. The lowest BCUT2D eigenvalue weighted by Crippen LogP contribution is -2.19. The topological polar surface area (TPSA) is 264 Å². The van der Waals surface area contributed by atoms with Crippen molar-refractivity contribution < 1.29 is 56.2 Å². The number of ether oxygens (including phenoxy) is 5. The molecule has 4 atom stereocenters. The smallest absolute Gasteiger partial charge is 0.328 e. The first-order valence-corrected chi connectivity index (χ1v) is 67.0. The van der Waals surface area contributed by atoms with Gasteiger partial charge in [0.15, 0.2) is 0 Å². The summed E-state index contributed by atoms with van der Waals surface area (Å²) in [7, 11) is 22.8. The molecule has 1 rings (SSSR count). The molecule has 0 heterocycles. The number of nitrogens with zero attached hydrogens (tertiary/aromatic N) is 7. The van der Waals surface area contributed by atoms with Crippen LogP contribution in [0.4, 0.5) is 13.2 Å². The lowest BCUT2D eigenvalue weighted by Gasteiger charge is -2.16. The van der Waals surface area contributed by atoms with Crippen LogP contribution in [0.5, 0.6) is 0 Å². The molecular formula is C105H223F3N8O10S14. The Morgan fingerprint density at radius 2 is 0.850 bits per heavy atom. The summed E-state index contributed by atoms with van der Waals surface area (Å²) < 4.78 is 61.4. The minimum atomic E-state index is -3.24. The standard InChI is InChI=1S/C10H14S.C8H18S2.C7H12O2.C7H16OS2.C7H16S2.C7H16S.2C6H12O2.C6H14OS2.C6H14S2.C6H12.C5H11F.C5H12S2.C5H12.C4H7F2N3.C4H9N3.C3H7NO2.C3H9N/c1-9(2)8-11-10-6-4-3-5-7-10;1-7(2)6-9-10-8(3,4)5;1-4-5-9-7(8)6(2)3;1-5-9-10-7(4)8-6(2)3;1-6(2)5-8-9-7(3)4;1-5-8-7(4)6(2)3;2*1-4-8-6(7)5(2)3;1-5(2)7-6(3)9-8-4;1-4-7-8-5-6(2)3;1-4-5-6(2)3;1-4(2)5(3)6;1-5(2)4-7-6-3;1-4-5(2)3;1-3(2)4(5,6)8-9-7;1-4(2)3-6-7-5;1-3(2)4(5)6;1-3(2)4/h3-7,9H,8H2,1-2H3;7H,6H2,1-5H3;4,6H,1,5H2,2-3H3;6-7H,5H2,1-4H3;6-7H,5H2,1-4H3;6-7H,5H2,1-4H3;2*5H,4H2,1-3H3;5-6H,1-4H3;6H,4-5H2,1-3H3;4,6H,1,5H2,2-3H3;4-5H,1-3H3;5H,4H2,1-3H3;5H,4H2,1-3H3;3H,1-2H3;4H,3H2,1-2H3;3H,1-2H3;3H,4H2,1-2H3. The van der Waals surface area contributed by atoms with Crippen molar-refractivity contribution in [2.45, 2.75) is 433 Å². The van der Waals surface area contributed by atoms with Gasteiger partial charge in [0.05, 0.1) is 49.3 Å². The van der Waals surface area contributed by atoms with Crippen molar-refractivity contribution in [3.05, 3.63) is 86.6 Å². The Morgan fingerprint density at radius 3 is 1.06 bits per heavy atom. The van der Waals surface area contributed by atoms with Gasteiger partial charge in [-0.25, -0.2) is 4.39 Å². The minimum Gasteiger partial charge on any atom is -0.466 e. The SMILES string of the molecule is C=CCC(C)C.C=CCOC(=O)C(C)C.CC(C)C(C)F.CC(C)C(F)(F)N=[N+]=[N-].CC(C)CN=[N+]=[N-].CC(C)CSSC(C)(C)C.CC(C)CSSC(C)C.CC(C)CSc1ccccc1.CC(C)N.CC(C)[N+](=O)[O-].CCC(C)C.CCOC(=O)C(C)C.CCOC(=O)C(C)C.CCSC(C)C(C)C.CCSSC(C)OC(C)C.CCSSCC(C)C.CSSC(C)OC(C)C.CSSCC(C)C. The van der Waals surface area contributed by atoms with E-state index in [1.165, 1.54) is 65.4 Å². The predicted octanol–water partition coefficient (Wildman–Crippen LogP) is 40.7. The highest BCUT2D eigenvalue weighted by Crippen LogP contribution is 2.36. The molecule has 2 N–H and O–H groups in total. The predicted molar refractivity (Wildman–Crippen MR) is 662 cm³/mol. The molecule has 0 aliphatic heterocycles. The third-order valence-corrected chi connectivity index (χ3v) is 32.6. The molecule has 1 aromatic rings. The largest absolute Gasteiger partial charge is 0.466 e. The molecule has 848 valence electrons. The van der Waals surface area contributed by atoms with E-state index in [0.717, 1.165) is 70.0 Å². The number of esters is 3. The maximum atomic E-state index is 12.1. The van der Waals surface area contributed by atoms with Crippen LogP contribution < -0.4 is 5.73 Å². The van der Waals surface area contributed by atoms with Gasteiger partial charge in [0, 0.05) is 101 Å². The number of thioether (sulfide) groups is 2. The molecule has 0 aliphatic rings. The van der Waals surface area contributed by atoms with Gasteiger partial charge in [0.25, 0.3) is 0 Å². The van der Waals surface area contributed by atoms with Crippen LogP contribution >= 0.6 is 153 Å². The first-order valence-electron chi connectivity index (χ1n) is 50.0. The van der Waals surface area contributed by atoms with Crippen LogP contribution in [0.3, 0.4) is 0 Å². The molecule has 1 aromatic carbocycles. The van der Waals surface area contributed by atoms with Gasteiger partial charge in [-0.2, -0.15) is 20.5 Å². The van der Waals surface area contributed by atoms with Crippen LogP contribution in [0.2, 0.25) is 0 Å². The van der Waals surface area contributed by atoms with Gasteiger partial charge in [-0.15, -0.1) is 18.3 Å². The summed E-state index contributed by atoms with van der Waals surface area (Å²) >= 11 is 3.97. The van der Waals surface area contributed by atoms with E-state index in [9.17, 15) is 37.7 Å². The number of allylic oxidation sites excluding steroid dienone is 1. The Hall–Kier alpha value is -0.300. The fraction of sp³-hybridized carbons (Fsp3) is 0.876. The molecule has 0 spiro atoms. The maximum absolute atomic E-state index is 12.1. The number of azide groups is 2. The van der Waals surface area contributed by atoms with Crippen LogP contribution in [-0.2, 0) is 38.1 Å². The highest BCUT2D eigenvalue weighted by atomic mass is 33.1. The summed E-state index contributed by atoms with van der Waals surface area (Å²) in [4.78, 5) is 46.8. The molecule has 4 unspecified atom stereocenters. The van der Waals surface area contributed by atoms with Crippen LogP contribution in [-0.4, -0.2) is 170 Å². The van der Waals surface area contributed by atoms with E-state index in [2.05, 4.69) is 302 Å². The number of nitro groups is 1. The van der Waals surface area contributed by atoms with Crippen LogP contribution in [0.25, 0.3) is 20.9 Å². The number of carbonyl (C=O) groups is 3. The third kappa shape index (κ3) is 230. The molecule has 0 amide bonds. The zero-order valence-corrected chi connectivity index (χ0v) is 111. The van der Waals surface area contributed by atoms with Crippen molar-refractivity contribution in [2.75, 3.05) is 84.9 Å². The van der Waals surface area contributed by atoms with Gasteiger partial charge in [-0.05, 0) is 181 Å². The Bertz CT molecular complexity index is 2690. The zero-order valence-electron chi connectivity index (χ0n) is 99.3. The molecule has 0 aromatic heterocycles. The average Bonchev–Trinajstić information content (AvgIpc) is 0.910. The lowest BCUT2D eigenvalue weighted by molar-refractivity contribution is -0.513. The van der Waals surface area contributed by atoms with E-state index >= 15 is 0 Å². The van der Waals surface area contributed by atoms with E-state index in [1.807, 2.05) is 201 Å². The van der Waals surface area contributed by atoms with Crippen molar-refractivity contribution in [3.63, 3.8) is 0 Å². The Labute approximate surface area is 922 Å². The second-order valence-electron chi connectivity index (χ2n) is 38.2. The summed E-state index contributed by atoms with van der Waals surface area (Å²) in [6.07, 6.45) is 10.2. The number of hydrogen-bond acceptors (Lipinski definition) is 27. The average molecular weight is 2260 g/mol. The van der Waals surface area contributed by atoms with Crippen molar-refractivity contribution in [3.8, 4) is 0 Å². The first-order chi connectivity index (χ1) is 64.3. The van der Waals surface area contributed by atoms with E-state index < -0.39 is 24.2 Å². The van der Waals surface area contributed by atoms with E-state index in [1.54, 1.807) is 86.9 Å². The summed E-state index contributed by atoms with van der Waals surface area (Å²) in [5, 5.41) is 16.8. The molecule has 0 radical (unpaired) electrons. The lowest BCUT2D eigenvalue weighted by atomic mass is 10.1. The molecule has 35 heteroatoms. The molecule has 0 aliphatic carbocycles. The molecule has 0 bridgehead atoms. The normalized spacial score (nSPS) is 11.2. The van der Waals surface area contributed by atoms with Crippen molar-refractivity contribution in [1.82, 2.24) is 0 Å². The highest BCUT2D eigenvalue weighted by Gasteiger charge is 2.31. The molecule has 0 fully saturated rings. The Kier molecular flexibility index (Phi) is 172. The molecule has 140 heavy (non-hydrogen) atoms. The summed E-state index contributed by atoms with van der Waals surface area (Å²) in [5.74, 6) is 15.9. The van der Waals surface area contributed by atoms with Crippen LogP contribution in [0.15, 0.2) is 70.8 Å². The minimum absolute atomic E-state index is 0.00921. The summed E-state index contributed by atoms with van der Waals surface area (Å²) in [5.41, 5.74) is 21.2. The second-order valence-corrected chi connectivity index (χ2v) is 58.2. The van der Waals surface area contributed by atoms with Gasteiger partial charge >= 0.3 is 24.0 Å². The van der Waals surface area contributed by atoms with Crippen LogP contribution in [0, 0.1) is 93.0 Å². The van der Waals surface area contributed by atoms with E-state index in [0.29, 0.717) is 66.2 Å². The summed E-state index contributed by atoms with van der Waals surface area (Å²) in [6, 6.07) is 7.21. The number of rotatable bonds is 45. The van der Waals surface area contributed by atoms with Gasteiger partial charge in [0.1, 0.15) is 17.5 Å². The number of halogens is 3. The molecule has 0 saturated carbocycles. The highest BCUT2D eigenvalue weighted by molar-refractivity contribution is 8.78. The number of hydrogen-bond donors (Lipinski definition) is 1. The fourth-order valence-electron chi connectivity index (χ4n) is 5.11. The van der Waals surface area contributed by atoms with Gasteiger partial charge < -0.3 is 29.4 Å². The number of alkyl halides is 3. The first kappa shape index (κ1) is 179. The van der Waals surface area contributed by atoms with Crippen LogP contribution in [0.1, 0.15) is 366 Å². The molecule has 0 saturated heterocycles. The number of nitrogens with two attached hydrogens (primary N) is 1. The second kappa shape index (κ2) is 135. The van der Waals surface area contributed by atoms with Gasteiger partial charge in [-0.3, -0.25) is 24.5 Å². The van der Waals surface area contributed by atoms with E-state index in [4.69, 9.17) is 31.0 Å². The van der Waals surface area contributed by atoms with E-state index in [-0.39, 0.29) is 46.5 Å². The Morgan fingerprint density at radius 1 is 0.486 bits per heavy atom. The quantitative estimate of drug-likeness (QED) is 0.00507. The van der Waals surface area contributed by atoms with Crippen molar-refractivity contribution >= 4 is 171 Å². The fourth-order valence-corrected chi connectivity index (χ4v) is 19.1. The zero-order chi connectivity index (χ0) is 114. The maximum Gasteiger partial charge on any atom is 0.328 e. The molecular weight excluding hydrogens is 2040 g/mol. The molecule has 18 nitrogen and oxygen atoms in total. The van der Waals surface area contributed by atoms with Gasteiger partial charge in [-0.1, -0.05) is 455 Å². The number of benzene rings is 1. The van der Waals surface area contributed by atoms with Crippen molar-refractivity contribution in [2.24, 2.45) is 98.8 Å². The Balaban J connectivity index is -0.0000000766. The number of carbonyl (C=O) groups excluding carboxylic acids is 3. The summed E-state index contributed by atoms with van der Waals surface area (Å²) in [6.45, 7) is 113. The third-order valence-electron chi connectivity index (χ3n) is 13.2. The van der Waals surface area contributed by atoms with Crippen molar-refractivity contribution in [1.29, 1.82) is 0 Å². The van der Waals surface area contributed by atoms with Gasteiger partial charge in [0.2, 0.25) is 6.04 Å².